The summed E-state index contributed by atoms with van der Waals surface area (Å²) in [5.74, 6) is 3.55. The Bertz CT molecular complexity index is 1500. The topological polar surface area (TPSA) is 18.5 Å². The van der Waals surface area contributed by atoms with Crippen LogP contribution >= 0.6 is 0 Å². The van der Waals surface area contributed by atoms with E-state index < -0.39 is 0 Å². The van der Waals surface area contributed by atoms with Crippen molar-refractivity contribution in [2.24, 2.45) is 0 Å². The maximum Gasteiger partial charge on any atom is 0.260 e. The van der Waals surface area contributed by atoms with Gasteiger partial charge in [0, 0.05) is 5.46 Å². The number of aryl methyl sites for hydroxylation is 2. The van der Waals surface area contributed by atoms with Gasteiger partial charge >= 0.3 is 0 Å². The van der Waals surface area contributed by atoms with E-state index in [9.17, 15) is 0 Å². The molecule has 0 spiro atoms. The molecule has 2 nitrogen and oxygen atoms in total. The zero-order valence-electron chi connectivity index (χ0n) is 19.8. The first-order valence-electron chi connectivity index (χ1n) is 12.5. The molecule has 146 valence electrons. The number of fused-ring (bicyclic) bond motifs is 8. The highest BCUT2D eigenvalue weighted by Gasteiger charge is 2.43. The number of ether oxygens (including phenoxy) is 2. The van der Waals surface area contributed by atoms with Gasteiger partial charge in [0.1, 0.15) is 23.0 Å². The van der Waals surface area contributed by atoms with Crippen LogP contribution in [0.1, 0.15) is 26.4 Å². The summed E-state index contributed by atoms with van der Waals surface area (Å²) >= 11 is 0. The first kappa shape index (κ1) is 13.8. The lowest BCUT2D eigenvalue weighted by Crippen LogP contribution is -2.58. The third-order valence-electron chi connectivity index (χ3n) is 7.44. The van der Waals surface area contributed by atoms with Gasteiger partial charge in [-0.25, -0.2) is 0 Å². The van der Waals surface area contributed by atoms with Gasteiger partial charge < -0.3 is 9.47 Å². The van der Waals surface area contributed by atoms with Crippen LogP contribution < -0.4 is 25.9 Å². The molecule has 0 bridgehead atoms. The van der Waals surface area contributed by atoms with Crippen LogP contribution in [0.15, 0.2) is 66.7 Å². The molecule has 0 amide bonds. The Labute approximate surface area is 185 Å². The zero-order valence-corrected chi connectivity index (χ0v) is 16.8. The molecule has 4 aromatic carbocycles. The molecule has 3 heteroatoms. The second kappa shape index (κ2) is 5.61. The molecule has 0 saturated carbocycles. The fourth-order valence-corrected chi connectivity index (χ4v) is 5.65. The zero-order chi connectivity index (χ0) is 22.7. The van der Waals surface area contributed by atoms with Crippen molar-refractivity contribution in [2.45, 2.75) is 25.7 Å². The van der Waals surface area contributed by atoms with Gasteiger partial charge in [-0.2, -0.15) is 0 Å². The van der Waals surface area contributed by atoms with Crippen molar-refractivity contribution >= 4 is 23.1 Å². The van der Waals surface area contributed by atoms with Crippen molar-refractivity contribution in [3.8, 4) is 34.1 Å². The minimum Gasteiger partial charge on any atom is -0.458 e. The van der Waals surface area contributed by atoms with Crippen molar-refractivity contribution in [3.05, 3.63) is 88.9 Å². The largest absolute Gasteiger partial charge is 0.458 e. The summed E-state index contributed by atoms with van der Waals surface area (Å²) in [5, 5.41) is 0. The summed E-state index contributed by atoms with van der Waals surface area (Å²) in [6, 6.07) is 16.3. The maximum absolute atomic E-state index is 8.12. The number of hydrogen-bond donors (Lipinski definition) is 0. The number of benzene rings is 4. The summed E-state index contributed by atoms with van der Waals surface area (Å²) < 4.78 is 37.4. The van der Waals surface area contributed by atoms with Gasteiger partial charge in [-0.3, -0.25) is 0 Å². The molecule has 0 unspecified atom stereocenters. The van der Waals surface area contributed by atoms with Crippen LogP contribution in [-0.4, -0.2) is 6.71 Å². The second-order valence-electron chi connectivity index (χ2n) is 8.92. The molecule has 0 N–H and O–H groups in total. The van der Waals surface area contributed by atoms with Crippen LogP contribution in [-0.2, 0) is 25.7 Å². The molecule has 2 aliphatic carbocycles. The lowest BCUT2D eigenvalue weighted by Gasteiger charge is -2.38. The highest BCUT2D eigenvalue weighted by molar-refractivity contribution is 6.98. The lowest BCUT2D eigenvalue weighted by molar-refractivity contribution is 0.453. The van der Waals surface area contributed by atoms with Crippen LogP contribution in [0.5, 0.6) is 23.0 Å². The molecule has 2 aliphatic heterocycles. The van der Waals surface area contributed by atoms with Crippen LogP contribution in [0.25, 0.3) is 11.1 Å². The third-order valence-corrected chi connectivity index (χ3v) is 7.44. The van der Waals surface area contributed by atoms with E-state index in [4.69, 9.17) is 13.6 Å². The summed E-state index contributed by atoms with van der Waals surface area (Å²) in [7, 11) is 0. The predicted molar refractivity (Wildman–Crippen MR) is 124 cm³/mol. The normalized spacial score (nSPS) is 17.0. The predicted octanol–water partition coefficient (Wildman–Crippen LogP) is 4.28. The van der Waals surface area contributed by atoms with E-state index in [0.29, 0.717) is 0 Å². The highest BCUT2D eigenvalue weighted by atomic mass is 16.5. The summed E-state index contributed by atoms with van der Waals surface area (Å²) in [5.41, 5.74) is 10.4. The molecule has 0 fully saturated rings. The Morgan fingerprint density at radius 2 is 1.23 bits per heavy atom. The minimum atomic E-state index is -0.0582. The van der Waals surface area contributed by atoms with Crippen LogP contribution in [0.3, 0.4) is 0 Å². The molecular formula is C28H19BO2. The average Bonchev–Trinajstić information content (AvgIpc) is 2.77. The van der Waals surface area contributed by atoms with Crippen LogP contribution in [0.2, 0.25) is 0 Å². The van der Waals surface area contributed by atoms with Crippen LogP contribution in [0.4, 0.5) is 0 Å². The van der Waals surface area contributed by atoms with E-state index in [1.165, 1.54) is 33.2 Å². The first-order chi connectivity index (χ1) is 16.6. The third kappa shape index (κ3) is 2.04. The Morgan fingerprint density at radius 3 is 1.74 bits per heavy atom. The van der Waals surface area contributed by atoms with Crippen molar-refractivity contribution < 1.29 is 13.6 Å². The van der Waals surface area contributed by atoms with E-state index in [2.05, 4.69) is 24.3 Å². The quantitative estimate of drug-likeness (QED) is 0.383. The Morgan fingerprint density at radius 1 is 0.645 bits per heavy atom. The fraction of sp³-hybridized carbons (Fsp3) is 0.143. The molecule has 31 heavy (non-hydrogen) atoms. The number of rotatable bonds is 1. The Balaban J connectivity index is 1.40. The molecule has 2 heterocycles. The minimum absolute atomic E-state index is 0.0481. The first-order valence-corrected chi connectivity index (χ1v) is 11.0. The summed E-state index contributed by atoms with van der Waals surface area (Å²) in [6.07, 6.45) is 4.27. The molecular weight excluding hydrogens is 379 g/mol. The van der Waals surface area contributed by atoms with Gasteiger partial charge in [-0.1, -0.05) is 54.5 Å². The summed E-state index contributed by atoms with van der Waals surface area (Å²) in [4.78, 5) is 0. The van der Waals surface area contributed by atoms with E-state index >= 15 is 0 Å². The lowest BCUT2D eigenvalue weighted by atomic mass is 9.34. The van der Waals surface area contributed by atoms with Gasteiger partial charge in [-0.15, -0.1) is 0 Å². The summed E-state index contributed by atoms with van der Waals surface area (Å²) in [6.45, 7) is 0.0671. The van der Waals surface area contributed by atoms with Crippen molar-refractivity contribution in [3.63, 3.8) is 0 Å². The highest BCUT2D eigenvalue weighted by Crippen LogP contribution is 2.43. The molecule has 0 aromatic heterocycles. The molecule has 4 aliphatic rings. The van der Waals surface area contributed by atoms with Gasteiger partial charge in [0.15, 0.2) is 0 Å². The Kier molecular flexibility index (Phi) is 2.49. The van der Waals surface area contributed by atoms with Gasteiger partial charge in [0.25, 0.3) is 6.71 Å². The standard InChI is InChI=1S/C28H19BO2/c1-2-4-16(5-3-1)19-14-24-26-25(15-19)31-28-21-11-7-18(21)9-13-23(28)29(26)22-12-8-17-6-10-20(17)27(22)30-24/h1-5,8-9,12-15H,6-7,10-11H2/i1D,2D,3D. The van der Waals surface area contributed by atoms with Crippen molar-refractivity contribution in [1.29, 1.82) is 0 Å². The van der Waals surface area contributed by atoms with Gasteiger partial charge in [0.2, 0.25) is 0 Å². The maximum atomic E-state index is 8.12. The smallest absolute Gasteiger partial charge is 0.260 e. The van der Waals surface area contributed by atoms with E-state index in [1.54, 1.807) is 12.1 Å². The van der Waals surface area contributed by atoms with Crippen molar-refractivity contribution in [1.82, 2.24) is 0 Å². The van der Waals surface area contributed by atoms with Crippen LogP contribution in [0, 0.1) is 0 Å². The SMILES string of the molecule is [2H]c1cc(-c2cc3c4c(c2)Oc2c(ccc5c2CC5)B4c2ccc4c(c2O3)CC4)cc([2H])c1[2H]. The Hall–Kier alpha value is -3.46. The molecule has 0 saturated heterocycles. The average molecular weight is 401 g/mol. The molecule has 0 atom stereocenters. The van der Waals surface area contributed by atoms with Gasteiger partial charge in [-0.05, 0) is 82.1 Å². The molecule has 4 aromatic rings. The number of hydrogen-bond acceptors (Lipinski definition) is 2. The van der Waals surface area contributed by atoms with Gasteiger partial charge in [0.05, 0.1) is 4.11 Å². The monoisotopic (exact) mass is 401 g/mol. The molecule has 8 rings (SSSR count). The second-order valence-corrected chi connectivity index (χ2v) is 8.92. The van der Waals surface area contributed by atoms with E-state index in [0.717, 1.165) is 65.3 Å². The van der Waals surface area contributed by atoms with Crippen molar-refractivity contribution in [2.75, 3.05) is 0 Å². The fourth-order valence-electron chi connectivity index (χ4n) is 5.65. The van der Waals surface area contributed by atoms with E-state index in [-0.39, 0.29) is 24.8 Å². The van der Waals surface area contributed by atoms with E-state index in [1.807, 2.05) is 12.1 Å². The molecule has 0 radical (unpaired) electrons.